The van der Waals surface area contributed by atoms with E-state index in [-0.39, 0.29) is 5.56 Å². The van der Waals surface area contributed by atoms with Crippen LogP contribution in [-0.2, 0) is 16.0 Å². The molecule has 0 atom stereocenters. The number of methoxy groups -OCH3 is 1. The van der Waals surface area contributed by atoms with Gasteiger partial charge in [0.2, 0.25) is 0 Å². The van der Waals surface area contributed by atoms with Gasteiger partial charge in [0.15, 0.2) is 4.77 Å². The summed E-state index contributed by atoms with van der Waals surface area (Å²) in [5.74, 6) is 0. The molecule has 0 spiro atoms. The van der Waals surface area contributed by atoms with Crippen LogP contribution in [0.3, 0.4) is 0 Å². The van der Waals surface area contributed by atoms with E-state index < -0.39 is 0 Å². The van der Waals surface area contributed by atoms with Crippen molar-refractivity contribution in [2.24, 2.45) is 0 Å². The number of ether oxygens (including phenoxy) is 2. The predicted octanol–water partition coefficient (Wildman–Crippen LogP) is 2.17. The molecule has 7 heteroatoms. The maximum absolute atomic E-state index is 12.2. The number of aromatic nitrogens is 2. The summed E-state index contributed by atoms with van der Waals surface area (Å²) in [6.45, 7) is 2.31. The van der Waals surface area contributed by atoms with Gasteiger partial charge in [-0.3, -0.25) is 9.36 Å². The predicted molar refractivity (Wildman–Crippen MR) is 78.6 cm³/mol. The number of rotatable bonds is 7. The minimum Gasteiger partial charge on any atom is -0.382 e. The summed E-state index contributed by atoms with van der Waals surface area (Å²) in [5.41, 5.74) is -0.0307. The van der Waals surface area contributed by atoms with Gasteiger partial charge in [-0.1, -0.05) is 0 Å². The van der Waals surface area contributed by atoms with E-state index in [0.717, 1.165) is 11.3 Å². The SMILES string of the molecule is COCCOCCCn1c(=S)[nH]c2sccc2c1=O. The summed E-state index contributed by atoms with van der Waals surface area (Å²) in [5, 5.41) is 2.58. The first-order valence-corrected chi connectivity index (χ1v) is 7.30. The highest BCUT2D eigenvalue weighted by Gasteiger charge is 2.06. The van der Waals surface area contributed by atoms with E-state index in [2.05, 4.69) is 4.98 Å². The quantitative estimate of drug-likeness (QED) is 0.629. The first-order valence-electron chi connectivity index (χ1n) is 6.01. The van der Waals surface area contributed by atoms with Crippen LogP contribution < -0.4 is 5.56 Å². The minimum absolute atomic E-state index is 0.0307. The fraction of sp³-hybridized carbons (Fsp3) is 0.500. The van der Waals surface area contributed by atoms with Gasteiger partial charge in [0, 0.05) is 20.3 Å². The molecule has 2 aromatic heterocycles. The molecule has 0 bridgehead atoms. The Balaban J connectivity index is 2.00. The minimum atomic E-state index is -0.0307. The standard InChI is InChI=1S/C12H16N2O3S2/c1-16-6-7-17-5-2-4-14-11(15)9-3-8-19-10(9)13-12(14)18/h3,8H,2,4-7H2,1H3,(H,13,18). The van der Waals surface area contributed by atoms with Crippen molar-refractivity contribution in [3.05, 3.63) is 26.6 Å². The maximum atomic E-state index is 12.2. The molecule has 0 fully saturated rings. The highest BCUT2D eigenvalue weighted by molar-refractivity contribution is 7.71. The maximum Gasteiger partial charge on any atom is 0.263 e. The number of hydrogen-bond donors (Lipinski definition) is 1. The molecular formula is C12H16N2O3S2. The second-order valence-corrected chi connectivity index (χ2v) is 5.31. The number of aromatic amines is 1. The molecule has 1 N–H and O–H groups in total. The van der Waals surface area contributed by atoms with Crippen molar-refractivity contribution in [1.82, 2.24) is 9.55 Å². The molecule has 0 saturated carbocycles. The Hall–Kier alpha value is -1.02. The Labute approximate surface area is 119 Å². The van der Waals surface area contributed by atoms with Gasteiger partial charge in [-0.2, -0.15) is 0 Å². The van der Waals surface area contributed by atoms with E-state index in [0.29, 0.717) is 36.5 Å². The lowest BCUT2D eigenvalue weighted by Crippen LogP contribution is -2.22. The smallest absolute Gasteiger partial charge is 0.263 e. The number of thiophene rings is 1. The van der Waals surface area contributed by atoms with Gasteiger partial charge in [-0.05, 0) is 30.1 Å². The van der Waals surface area contributed by atoms with Gasteiger partial charge in [0.25, 0.3) is 5.56 Å². The molecule has 0 saturated heterocycles. The summed E-state index contributed by atoms with van der Waals surface area (Å²) in [4.78, 5) is 16.1. The number of hydrogen-bond acceptors (Lipinski definition) is 5. The summed E-state index contributed by atoms with van der Waals surface area (Å²) in [6.07, 6.45) is 0.747. The molecule has 5 nitrogen and oxygen atoms in total. The van der Waals surface area contributed by atoms with E-state index in [1.54, 1.807) is 11.7 Å². The molecule has 0 aliphatic rings. The summed E-state index contributed by atoms with van der Waals surface area (Å²) >= 11 is 6.69. The third kappa shape index (κ3) is 3.50. The van der Waals surface area contributed by atoms with Crippen molar-refractivity contribution in [3.63, 3.8) is 0 Å². The van der Waals surface area contributed by atoms with Gasteiger partial charge >= 0.3 is 0 Å². The number of nitrogens with one attached hydrogen (secondary N) is 1. The van der Waals surface area contributed by atoms with Gasteiger partial charge < -0.3 is 14.5 Å². The molecule has 19 heavy (non-hydrogen) atoms. The Morgan fingerprint density at radius 2 is 2.26 bits per heavy atom. The summed E-state index contributed by atoms with van der Waals surface area (Å²) in [7, 11) is 1.64. The van der Waals surface area contributed by atoms with Crippen LogP contribution in [0.1, 0.15) is 6.42 Å². The molecule has 104 valence electrons. The highest BCUT2D eigenvalue weighted by Crippen LogP contribution is 2.14. The molecule has 0 amide bonds. The molecule has 2 heterocycles. The van der Waals surface area contributed by atoms with Crippen molar-refractivity contribution in [2.45, 2.75) is 13.0 Å². The Kier molecular flexibility index (Phi) is 5.26. The zero-order valence-corrected chi connectivity index (χ0v) is 12.3. The fourth-order valence-electron chi connectivity index (χ4n) is 1.75. The van der Waals surface area contributed by atoms with Crippen molar-refractivity contribution in [1.29, 1.82) is 0 Å². The van der Waals surface area contributed by atoms with Crippen LogP contribution in [-0.4, -0.2) is 36.5 Å². The summed E-state index contributed by atoms with van der Waals surface area (Å²) in [6, 6.07) is 1.82. The van der Waals surface area contributed by atoms with Crippen LogP contribution in [0.15, 0.2) is 16.2 Å². The van der Waals surface area contributed by atoms with E-state index in [1.807, 2.05) is 11.4 Å². The van der Waals surface area contributed by atoms with Crippen LogP contribution >= 0.6 is 23.6 Å². The second kappa shape index (κ2) is 6.95. The largest absolute Gasteiger partial charge is 0.382 e. The van der Waals surface area contributed by atoms with E-state index >= 15 is 0 Å². The normalized spacial score (nSPS) is 11.2. The third-order valence-corrected chi connectivity index (χ3v) is 3.86. The number of fused-ring (bicyclic) bond motifs is 1. The van der Waals surface area contributed by atoms with Crippen molar-refractivity contribution >= 4 is 33.8 Å². The lowest BCUT2D eigenvalue weighted by atomic mass is 10.4. The molecule has 2 aromatic rings. The molecule has 0 unspecified atom stereocenters. The van der Waals surface area contributed by atoms with E-state index in [4.69, 9.17) is 21.7 Å². The zero-order chi connectivity index (χ0) is 13.7. The van der Waals surface area contributed by atoms with Crippen molar-refractivity contribution in [2.75, 3.05) is 26.9 Å². The molecule has 0 aromatic carbocycles. The molecular weight excluding hydrogens is 284 g/mol. The van der Waals surface area contributed by atoms with Crippen LogP contribution in [0.5, 0.6) is 0 Å². The van der Waals surface area contributed by atoms with Crippen molar-refractivity contribution < 1.29 is 9.47 Å². The lowest BCUT2D eigenvalue weighted by Gasteiger charge is -2.07. The topological polar surface area (TPSA) is 56.2 Å². The Bertz CT molecular complexity index is 644. The first-order chi connectivity index (χ1) is 9.24. The van der Waals surface area contributed by atoms with Gasteiger partial charge in [-0.15, -0.1) is 11.3 Å². The second-order valence-electron chi connectivity index (χ2n) is 4.01. The van der Waals surface area contributed by atoms with Gasteiger partial charge in [-0.25, -0.2) is 0 Å². The Morgan fingerprint density at radius 3 is 3.05 bits per heavy atom. The summed E-state index contributed by atoms with van der Waals surface area (Å²) < 4.78 is 12.3. The first kappa shape index (κ1) is 14.4. The molecule has 2 rings (SSSR count). The third-order valence-electron chi connectivity index (χ3n) is 2.71. The number of nitrogens with zero attached hydrogens (tertiary/aromatic N) is 1. The van der Waals surface area contributed by atoms with Crippen LogP contribution in [0, 0.1) is 4.77 Å². The van der Waals surface area contributed by atoms with Gasteiger partial charge in [0.1, 0.15) is 4.83 Å². The fourth-order valence-corrected chi connectivity index (χ4v) is 2.87. The average molecular weight is 300 g/mol. The molecule has 0 aliphatic carbocycles. The van der Waals surface area contributed by atoms with E-state index in [1.165, 1.54) is 11.3 Å². The van der Waals surface area contributed by atoms with Gasteiger partial charge in [0.05, 0.1) is 18.6 Å². The number of H-pyrrole nitrogens is 1. The van der Waals surface area contributed by atoms with Crippen LogP contribution in [0.25, 0.3) is 10.2 Å². The lowest BCUT2D eigenvalue weighted by molar-refractivity contribution is 0.0679. The van der Waals surface area contributed by atoms with Crippen LogP contribution in [0.4, 0.5) is 0 Å². The van der Waals surface area contributed by atoms with Crippen molar-refractivity contribution in [3.8, 4) is 0 Å². The molecule has 0 aliphatic heterocycles. The zero-order valence-electron chi connectivity index (χ0n) is 10.7. The monoisotopic (exact) mass is 300 g/mol. The molecule has 0 radical (unpaired) electrons. The van der Waals surface area contributed by atoms with Crippen LogP contribution in [0.2, 0.25) is 0 Å². The van der Waals surface area contributed by atoms with E-state index in [9.17, 15) is 4.79 Å². The Morgan fingerprint density at radius 1 is 1.42 bits per heavy atom. The average Bonchev–Trinajstić information content (AvgIpc) is 2.85. The highest BCUT2D eigenvalue weighted by atomic mass is 32.1.